The fourth-order valence-electron chi connectivity index (χ4n) is 4.06. The maximum absolute atomic E-state index is 5.55. The highest BCUT2D eigenvalue weighted by atomic mass is 16.5. The lowest BCUT2D eigenvalue weighted by Crippen LogP contribution is -3.27. The van der Waals surface area contributed by atoms with Crippen molar-refractivity contribution in [2.24, 2.45) is 5.92 Å². The number of hydrogen-bond acceptors (Lipinski definition) is 2. The zero-order valence-electron chi connectivity index (χ0n) is 15.1. The van der Waals surface area contributed by atoms with Crippen LogP contribution < -0.4 is 19.3 Å². The molecule has 1 fully saturated rings. The minimum Gasteiger partial charge on any atom is -0.497 e. The van der Waals surface area contributed by atoms with Crippen LogP contribution in [0.25, 0.3) is 0 Å². The quantitative estimate of drug-likeness (QED) is 0.736. The summed E-state index contributed by atoms with van der Waals surface area (Å²) in [6.45, 7) is 7.53. The number of nitrogens with one attached hydrogen (secondary N) is 2. The van der Waals surface area contributed by atoms with Crippen LogP contribution in [0.4, 0.5) is 0 Å². The zero-order chi connectivity index (χ0) is 16.8. The van der Waals surface area contributed by atoms with Gasteiger partial charge in [0.1, 0.15) is 44.2 Å². The van der Waals surface area contributed by atoms with Crippen molar-refractivity contribution in [3.05, 3.63) is 35.9 Å². The van der Waals surface area contributed by atoms with Gasteiger partial charge in [0.2, 0.25) is 0 Å². The van der Waals surface area contributed by atoms with Crippen LogP contribution in [0.1, 0.15) is 24.8 Å². The molecule has 24 heavy (non-hydrogen) atoms. The number of benzene rings is 1. The summed E-state index contributed by atoms with van der Waals surface area (Å²) < 4.78 is 10.8. The maximum Gasteiger partial charge on any atom is 0.131 e. The third-order valence-electron chi connectivity index (χ3n) is 5.55. The molecule has 0 unspecified atom stereocenters. The van der Waals surface area contributed by atoms with Gasteiger partial charge in [-0.25, -0.2) is 0 Å². The van der Waals surface area contributed by atoms with E-state index in [1.165, 1.54) is 57.5 Å². The second kappa shape index (κ2) is 8.54. The number of piperazine rings is 1. The van der Waals surface area contributed by atoms with Gasteiger partial charge in [-0.1, -0.05) is 12.2 Å². The Kier molecular flexibility index (Phi) is 6.16. The molecular weight excluding hydrogens is 300 g/mol. The largest absolute Gasteiger partial charge is 0.497 e. The minimum atomic E-state index is 0.862. The fraction of sp³-hybridized carbons (Fsp3) is 0.600. The molecule has 2 N–H and O–H groups in total. The van der Waals surface area contributed by atoms with Crippen molar-refractivity contribution in [3.63, 3.8) is 0 Å². The molecule has 1 heterocycles. The Morgan fingerprint density at radius 3 is 2.46 bits per heavy atom. The normalized spacial score (nSPS) is 27.0. The highest BCUT2D eigenvalue weighted by Gasteiger charge is 2.26. The summed E-state index contributed by atoms with van der Waals surface area (Å²) in [5.74, 6) is 2.72. The van der Waals surface area contributed by atoms with Gasteiger partial charge in [0.25, 0.3) is 0 Å². The number of rotatable bonds is 6. The van der Waals surface area contributed by atoms with Crippen molar-refractivity contribution in [1.29, 1.82) is 0 Å². The van der Waals surface area contributed by atoms with E-state index in [0.717, 1.165) is 24.0 Å². The monoisotopic (exact) mass is 332 g/mol. The summed E-state index contributed by atoms with van der Waals surface area (Å²) in [7, 11) is 3.44. The molecule has 1 aliphatic heterocycles. The van der Waals surface area contributed by atoms with Crippen molar-refractivity contribution in [2.45, 2.75) is 25.8 Å². The molecule has 4 nitrogen and oxygen atoms in total. The predicted molar refractivity (Wildman–Crippen MR) is 96.0 cm³/mol. The van der Waals surface area contributed by atoms with Gasteiger partial charge in [-0.15, -0.1) is 0 Å². The molecule has 0 bridgehead atoms. The van der Waals surface area contributed by atoms with E-state index < -0.39 is 0 Å². The molecule has 1 aromatic rings. The number of hydrogen-bond donors (Lipinski definition) is 2. The highest BCUT2D eigenvalue weighted by molar-refractivity contribution is 5.40. The molecule has 4 heteroatoms. The number of allylic oxidation sites excluding steroid dienone is 2. The van der Waals surface area contributed by atoms with Crippen molar-refractivity contribution in [3.8, 4) is 11.5 Å². The molecule has 0 saturated carbocycles. The second-order valence-corrected chi connectivity index (χ2v) is 7.21. The summed E-state index contributed by atoms with van der Waals surface area (Å²) in [6.07, 6.45) is 8.69. The summed E-state index contributed by atoms with van der Waals surface area (Å²) in [5, 5.41) is 0. The SMILES string of the molecule is COc1ccc(C[NH+]2CC[NH+](C[C@H]3CC=CCC3)CC2)c(OC)c1. The van der Waals surface area contributed by atoms with Gasteiger partial charge in [-0.05, 0) is 31.4 Å². The Morgan fingerprint density at radius 2 is 1.79 bits per heavy atom. The number of quaternary nitrogens is 2. The molecule has 1 atom stereocenters. The molecule has 1 aliphatic carbocycles. The van der Waals surface area contributed by atoms with Gasteiger partial charge in [0, 0.05) is 17.5 Å². The van der Waals surface area contributed by atoms with Crippen LogP contribution >= 0.6 is 0 Å². The van der Waals surface area contributed by atoms with Gasteiger partial charge in [0.05, 0.1) is 20.8 Å². The Hall–Kier alpha value is -1.52. The first-order chi connectivity index (χ1) is 11.8. The lowest BCUT2D eigenvalue weighted by molar-refractivity contribution is -1.02. The van der Waals surface area contributed by atoms with E-state index in [1.807, 2.05) is 12.1 Å². The van der Waals surface area contributed by atoms with E-state index in [0.29, 0.717) is 0 Å². The molecule has 0 radical (unpaired) electrons. The molecule has 0 aromatic heterocycles. The van der Waals surface area contributed by atoms with Gasteiger partial charge < -0.3 is 19.3 Å². The third-order valence-corrected chi connectivity index (χ3v) is 5.55. The molecule has 1 saturated heterocycles. The van der Waals surface area contributed by atoms with Crippen molar-refractivity contribution >= 4 is 0 Å². The Balaban J connectivity index is 1.49. The van der Waals surface area contributed by atoms with Crippen molar-refractivity contribution < 1.29 is 19.3 Å². The molecule has 132 valence electrons. The maximum atomic E-state index is 5.55. The average molecular weight is 332 g/mol. The summed E-state index contributed by atoms with van der Waals surface area (Å²) in [6, 6.07) is 6.18. The Labute approximate surface area is 146 Å². The van der Waals surface area contributed by atoms with E-state index in [-0.39, 0.29) is 0 Å². The molecule has 0 spiro atoms. The van der Waals surface area contributed by atoms with Crippen LogP contribution in [0.5, 0.6) is 11.5 Å². The smallest absolute Gasteiger partial charge is 0.131 e. The first kappa shape index (κ1) is 17.3. The van der Waals surface area contributed by atoms with E-state index in [4.69, 9.17) is 9.47 Å². The van der Waals surface area contributed by atoms with Crippen molar-refractivity contribution in [1.82, 2.24) is 0 Å². The van der Waals surface area contributed by atoms with E-state index in [2.05, 4.69) is 18.2 Å². The van der Waals surface area contributed by atoms with Crippen LogP contribution in [0.2, 0.25) is 0 Å². The minimum absolute atomic E-state index is 0.862. The fourth-order valence-corrected chi connectivity index (χ4v) is 4.06. The van der Waals surface area contributed by atoms with Gasteiger partial charge >= 0.3 is 0 Å². The number of ether oxygens (including phenoxy) is 2. The first-order valence-electron chi connectivity index (χ1n) is 9.31. The summed E-state index contributed by atoms with van der Waals surface area (Å²) in [4.78, 5) is 3.48. The van der Waals surface area contributed by atoms with Crippen LogP contribution in [0, 0.1) is 5.92 Å². The molecule has 0 amide bonds. The number of methoxy groups -OCH3 is 2. The van der Waals surface area contributed by atoms with Gasteiger partial charge in [0.15, 0.2) is 0 Å². The van der Waals surface area contributed by atoms with Crippen LogP contribution in [0.3, 0.4) is 0 Å². The molecular formula is C20H32N2O2+2. The predicted octanol–water partition coefficient (Wildman–Crippen LogP) is 0.344. The molecule has 3 rings (SSSR count). The van der Waals surface area contributed by atoms with E-state index in [1.54, 1.807) is 24.0 Å². The van der Waals surface area contributed by atoms with Gasteiger partial charge in [-0.3, -0.25) is 0 Å². The van der Waals surface area contributed by atoms with Crippen LogP contribution in [0.15, 0.2) is 30.4 Å². The zero-order valence-corrected chi connectivity index (χ0v) is 15.1. The van der Waals surface area contributed by atoms with Gasteiger partial charge in [-0.2, -0.15) is 0 Å². The Morgan fingerprint density at radius 1 is 1.00 bits per heavy atom. The van der Waals surface area contributed by atoms with E-state index >= 15 is 0 Å². The average Bonchev–Trinajstić information content (AvgIpc) is 2.64. The highest BCUT2D eigenvalue weighted by Crippen LogP contribution is 2.23. The standard InChI is InChI=1S/C20H30N2O2/c1-23-19-9-8-18(20(14-19)24-2)16-22-12-10-21(11-13-22)15-17-6-4-3-5-7-17/h3-4,8-9,14,17H,5-7,10-13,15-16H2,1-2H3/p+2/t17-/m0/s1. The summed E-state index contributed by atoms with van der Waals surface area (Å²) >= 11 is 0. The Bertz CT molecular complexity index is 551. The topological polar surface area (TPSA) is 27.3 Å². The lowest BCUT2D eigenvalue weighted by Gasteiger charge is -2.32. The first-order valence-corrected chi connectivity index (χ1v) is 9.31. The second-order valence-electron chi connectivity index (χ2n) is 7.21. The van der Waals surface area contributed by atoms with E-state index in [9.17, 15) is 0 Å². The van der Waals surface area contributed by atoms with Crippen LogP contribution in [-0.4, -0.2) is 46.9 Å². The van der Waals surface area contributed by atoms with Crippen LogP contribution in [-0.2, 0) is 6.54 Å². The molecule has 2 aliphatic rings. The van der Waals surface area contributed by atoms with Crippen molar-refractivity contribution in [2.75, 3.05) is 46.9 Å². The third kappa shape index (κ3) is 4.52. The summed E-state index contributed by atoms with van der Waals surface area (Å²) in [5.41, 5.74) is 1.29. The molecule has 1 aromatic carbocycles. The lowest BCUT2D eigenvalue weighted by atomic mass is 9.94.